The normalized spacial score (nSPS) is 30.2. The van der Waals surface area contributed by atoms with Gasteiger partial charge in [-0.05, 0) is 25.7 Å². The Labute approximate surface area is 108 Å². The smallest absolute Gasteiger partial charge is 0.0249 e. The molecule has 17 heavy (non-hydrogen) atoms. The van der Waals surface area contributed by atoms with Crippen LogP contribution < -0.4 is 5.32 Å². The van der Waals surface area contributed by atoms with Gasteiger partial charge in [-0.3, -0.25) is 4.90 Å². The average Bonchev–Trinajstić information content (AvgIpc) is 2.37. The zero-order valence-electron chi connectivity index (χ0n) is 12.5. The summed E-state index contributed by atoms with van der Waals surface area (Å²) in [5.74, 6) is 0.805. The predicted molar refractivity (Wildman–Crippen MR) is 76.4 cm³/mol. The molecule has 2 heteroatoms. The fourth-order valence-electron chi connectivity index (χ4n) is 2.94. The molecular formula is C15H32N2. The molecule has 102 valence electrons. The summed E-state index contributed by atoms with van der Waals surface area (Å²) >= 11 is 0. The van der Waals surface area contributed by atoms with Crippen molar-refractivity contribution < 1.29 is 0 Å². The van der Waals surface area contributed by atoms with E-state index in [0.29, 0.717) is 6.04 Å². The maximum Gasteiger partial charge on any atom is 0.0249 e. The molecule has 0 spiro atoms. The monoisotopic (exact) mass is 240 g/mol. The van der Waals surface area contributed by atoms with Crippen LogP contribution in [0.4, 0.5) is 0 Å². The first-order valence-corrected chi connectivity index (χ1v) is 7.63. The molecule has 1 aliphatic heterocycles. The molecule has 0 bridgehead atoms. The van der Waals surface area contributed by atoms with Crippen LogP contribution in [0.25, 0.3) is 0 Å². The standard InChI is InChI=1S/C15H32N2/c1-6-9-14-11-17(13(5)8-3)15(10-16-14)12(4)7-2/h12-16H,6-11H2,1-5H3. The van der Waals surface area contributed by atoms with Gasteiger partial charge in [-0.2, -0.15) is 0 Å². The van der Waals surface area contributed by atoms with Gasteiger partial charge in [0.05, 0.1) is 0 Å². The molecule has 1 saturated heterocycles. The summed E-state index contributed by atoms with van der Waals surface area (Å²) in [6.07, 6.45) is 5.17. The summed E-state index contributed by atoms with van der Waals surface area (Å²) in [4.78, 5) is 2.77. The van der Waals surface area contributed by atoms with E-state index in [1.54, 1.807) is 0 Å². The van der Waals surface area contributed by atoms with Gasteiger partial charge in [0, 0.05) is 31.2 Å². The maximum absolute atomic E-state index is 3.75. The van der Waals surface area contributed by atoms with E-state index in [9.17, 15) is 0 Å². The number of hydrogen-bond acceptors (Lipinski definition) is 2. The highest BCUT2D eigenvalue weighted by atomic mass is 15.3. The van der Waals surface area contributed by atoms with Gasteiger partial charge in [0.1, 0.15) is 0 Å². The van der Waals surface area contributed by atoms with Crippen LogP contribution in [0.2, 0.25) is 0 Å². The lowest BCUT2D eigenvalue weighted by molar-refractivity contribution is 0.0531. The van der Waals surface area contributed by atoms with E-state index in [0.717, 1.165) is 18.0 Å². The first kappa shape index (κ1) is 15.0. The van der Waals surface area contributed by atoms with Crippen molar-refractivity contribution in [3.05, 3.63) is 0 Å². The van der Waals surface area contributed by atoms with Crippen molar-refractivity contribution in [3.8, 4) is 0 Å². The SMILES string of the molecule is CCCC1CN(C(C)CC)C(C(C)CC)CN1. The highest BCUT2D eigenvalue weighted by molar-refractivity contribution is 4.90. The van der Waals surface area contributed by atoms with Gasteiger partial charge >= 0.3 is 0 Å². The van der Waals surface area contributed by atoms with Crippen molar-refractivity contribution in [1.82, 2.24) is 10.2 Å². The molecule has 2 nitrogen and oxygen atoms in total. The van der Waals surface area contributed by atoms with Crippen molar-refractivity contribution in [1.29, 1.82) is 0 Å². The van der Waals surface area contributed by atoms with Crippen LogP contribution in [0.3, 0.4) is 0 Å². The van der Waals surface area contributed by atoms with Crippen LogP contribution in [0.15, 0.2) is 0 Å². The van der Waals surface area contributed by atoms with Gasteiger partial charge in [-0.1, -0.05) is 40.5 Å². The highest BCUT2D eigenvalue weighted by Gasteiger charge is 2.32. The van der Waals surface area contributed by atoms with Gasteiger partial charge in [-0.15, -0.1) is 0 Å². The van der Waals surface area contributed by atoms with Gasteiger partial charge in [0.25, 0.3) is 0 Å². The Bertz CT molecular complexity index is 205. The van der Waals surface area contributed by atoms with E-state index in [4.69, 9.17) is 0 Å². The third-order valence-electron chi connectivity index (χ3n) is 4.57. The first-order valence-electron chi connectivity index (χ1n) is 7.63. The number of nitrogens with one attached hydrogen (secondary N) is 1. The van der Waals surface area contributed by atoms with E-state index >= 15 is 0 Å². The lowest BCUT2D eigenvalue weighted by Crippen LogP contribution is -2.60. The van der Waals surface area contributed by atoms with Crippen LogP contribution >= 0.6 is 0 Å². The first-order chi connectivity index (χ1) is 8.13. The Hall–Kier alpha value is -0.0800. The molecule has 1 heterocycles. The van der Waals surface area contributed by atoms with Gasteiger partial charge in [0.15, 0.2) is 0 Å². The minimum absolute atomic E-state index is 0.717. The maximum atomic E-state index is 3.75. The third-order valence-corrected chi connectivity index (χ3v) is 4.57. The second kappa shape index (κ2) is 7.38. The van der Waals surface area contributed by atoms with E-state index in [2.05, 4.69) is 44.8 Å². The second-order valence-corrected chi connectivity index (χ2v) is 5.80. The molecule has 0 radical (unpaired) electrons. The summed E-state index contributed by atoms with van der Waals surface area (Å²) in [6.45, 7) is 14.1. The summed E-state index contributed by atoms with van der Waals surface area (Å²) in [5.41, 5.74) is 0. The topological polar surface area (TPSA) is 15.3 Å². The minimum atomic E-state index is 0.717. The summed E-state index contributed by atoms with van der Waals surface area (Å²) in [6, 6.07) is 2.19. The van der Waals surface area contributed by atoms with Gasteiger partial charge in [-0.25, -0.2) is 0 Å². The van der Waals surface area contributed by atoms with Crippen molar-refractivity contribution in [2.45, 2.75) is 78.4 Å². The van der Waals surface area contributed by atoms with E-state index in [1.165, 1.54) is 38.8 Å². The molecule has 1 fully saturated rings. The Kier molecular flexibility index (Phi) is 6.50. The summed E-state index contributed by atoms with van der Waals surface area (Å²) < 4.78 is 0. The fraction of sp³-hybridized carbons (Fsp3) is 1.00. The molecule has 0 aromatic heterocycles. The molecule has 0 saturated carbocycles. The van der Waals surface area contributed by atoms with Crippen molar-refractivity contribution in [2.75, 3.05) is 13.1 Å². The summed E-state index contributed by atoms with van der Waals surface area (Å²) in [7, 11) is 0. The highest BCUT2D eigenvalue weighted by Crippen LogP contribution is 2.22. The average molecular weight is 240 g/mol. The minimum Gasteiger partial charge on any atom is -0.311 e. The number of nitrogens with zero attached hydrogens (tertiary/aromatic N) is 1. The second-order valence-electron chi connectivity index (χ2n) is 5.80. The number of hydrogen-bond donors (Lipinski definition) is 1. The molecule has 4 unspecified atom stereocenters. The molecule has 1 aliphatic rings. The molecule has 0 aromatic rings. The Morgan fingerprint density at radius 2 is 1.88 bits per heavy atom. The Balaban J connectivity index is 2.65. The lowest BCUT2D eigenvalue weighted by atomic mass is 9.92. The Morgan fingerprint density at radius 1 is 1.18 bits per heavy atom. The molecule has 0 amide bonds. The van der Waals surface area contributed by atoms with Crippen LogP contribution in [0.5, 0.6) is 0 Å². The molecule has 1 N–H and O–H groups in total. The Morgan fingerprint density at radius 3 is 2.41 bits per heavy atom. The third kappa shape index (κ3) is 3.96. The van der Waals surface area contributed by atoms with Gasteiger partial charge in [0.2, 0.25) is 0 Å². The molecular weight excluding hydrogens is 208 g/mol. The number of rotatable bonds is 6. The largest absolute Gasteiger partial charge is 0.311 e. The molecule has 0 aliphatic carbocycles. The van der Waals surface area contributed by atoms with Crippen LogP contribution in [0.1, 0.15) is 60.3 Å². The summed E-state index contributed by atoms with van der Waals surface area (Å²) in [5, 5.41) is 3.75. The predicted octanol–water partition coefficient (Wildman–Crippen LogP) is 3.27. The zero-order valence-corrected chi connectivity index (χ0v) is 12.5. The number of piperazine rings is 1. The molecule has 0 aromatic carbocycles. The van der Waals surface area contributed by atoms with Crippen molar-refractivity contribution in [3.63, 3.8) is 0 Å². The van der Waals surface area contributed by atoms with Crippen LogP contribution in [-0.2, 0) is 0 Å². The van der Waals surface area contributed by atoms with E-state index in [1.807, 2.05) is 0 Å². The van der Waals surface area contributed by atoms with Crippen LogP contribution in [0, 0.1) is 5.92 Å². The van der Waals surface area contributed by atoms with E-state index in [-0.39, 0.29) is 0 Å². The van der Waals surface area contributed by atoms with Crippen molar-refractivity contribution >= 4 is 0 Å². The fourth-order valence-corrected chi connectivity index (χ4v) is 2.94. The van der Waals surface area contributed by atoms with Crippen molar-refractivity contribution in [2.24, 2.45) is 5.92 Å². The zero-order chi connectivity index (χ0) is 12.8. The molecule has 4 atom stereocenters. The van der Waals surface area contributed by atoms with Gasteiger partial charge < -0.3 is 5.32 Å². The van der Waals surface area contributed by atoms with E-state index < -0.39 is 0 Å². The van der Waals surface area contributed by atoms with Crippen LogP contribution in [-0.4, -0.2) is 36.1 Å². The quantitative estimate of drug-likeness (QED) is 0.766. The lowest BCUT2D eigenvalue weighted by Gasteiger charge is -2.46. The molecule has 1 rings (SSSR count).